The number of nitrogens with one attached hydrogen (secondary N) is 7. The first-order chi connectivity index (χ1) is 35.4. The van der Waals surface area contributed by atoms with E-state index in [2.05, 4.69) is 60.6 Å². The predicted molar refractivity (Wildman–Crippen MR) is 282 cm³/mol. The van der Waals surface area contributed by atoms with E-state index in [1.807, 2.05) is 0 Å². The first-order valence-electron chi connectivity index (χ1n) is 22.9. The Bertz CT molecular complexity index is 3170. The number of aliphatic hydroxyl groups excluding tert-OH is 1. The molecule has 0 aliphatic heterocycles. The molecule has 382 valence electrons. The summed E-state index contributed by atoms with van der Waals surface area (Å²) in [6.07, 6.45) is -1.16. The summed E-state index contributed by atoms with van der Waals surface area (Å²) in [6, 6.07) is 28.7. The van der Waals surface area contributed by atoms with Gasteiger partial charge in [0.15, 0.2) is 12.1 Å². The van der Waals surface area contributed by atoms with Crippen molar-refractivity contribution in [2.45, 2.75) is 34.0 Å². The molecule has 5 amide bonds. The summed E-state index contributed by atoms with van der Waals surface area (Å²) in [7, 11) is 1.43. The summed E-state index contributed by atoms with van der Waals surface area (Å²) in [5.74, 6) is -2.91. The van der Waals surface area contributed by atoms with Gasteiger partial charge in [0.05, 0.1) is 19.2 Å². The van der Waals surface area contributed by atoms with Gasteiger partial charge in [0, 0.05) is 68.7 Å². The molecule has 0 aromatic heterocycles. The number of hydrogen-bond acceptors (Lipinski definition) is 15. The van der Waals surface area contributed by atoms with Crippen molar-refractivity contribution < 1.29 is 53.2 Å². The van der Waals surface area contributed by atoms with Crippen molar-refractivity contribution in [1.82, 2.24) is 10.6 Å². The lowest BCUT2D eigenvalue weighted by Gasteiger charge is -2.16. The number of urea groups is 1. The van der Waals surface area contributed by atoms with Crippen LogP contribution in [0.5, 0.6) is 11.5 Å². The van der Waals surface area contributed by atoms with Gasteiger partial charge in [-0.2, -0.15) is 0 Å². The lowest BCUT2D eigenvalue weighted by atomic mass is 10.0. The lowest BCUT2D eigenvalue weighted by molar-refractivity contribution is -0.139. The van der Waals surface area contributed by atoms with E-state index in [0.29, 0.717) is 55.9 Å². The molecule has 0 saturated carbocycles. The normalized spacial score (nSPS) is 11.2. The van der Waals surface area contributed by atoms with Gasteiger partial charge >= 0.3 is 18.0 Å². The minimum atomic E-state index is -1.16. The zero-order chi connectivity index (χ0) is 53.5. The number of nitrogens with zero attached hydrogens (tertiary/aromatic N) is 2. The number of amides is 5. The van der Waals surface area contributed by atoms with Crippen LogP contribution in [0.25, 0.3) is 10.8 Å². The minimum Gasteiger partial charge on any atom is -0.505 e. The fraction of sp³-hybridized carbons (Fsp3) is 0.185. The smallest absolute Gasteiger partial charge is 0.333 e. The van der Waals surface area contributed by atoms with Crippen LogP contribution in [0.4, 0.5) is 44.6 Å². The summed E-state index contributed by atoms with van der Waals surface area (Å²) in [5, 5.41) is 51.1. The van der Waals surface area contributed by atoms with Crippen LogP contribution in [0.3, 0.4) is 0 Å². The average Bonchev–Trinajstić information content (AvgIpc) is 3.37. The third kappa shape index (κ3) is 14.6. The van der Waals surface area contributed by atoms with Crippen molar-refractivity contribution in [2.75, 3.05) is 60.0 Å². The average molecular weight is 1010 g/mol. The number of carbonyl (C=O) groups is 6. The molecule has 0 spiro atoms. The van der Waals surface area contributed by atoms with Crippen LogP contribution < -0.4 is 42.0 Å². The Morgan fingerprint density at radius 3 is 1.93 bits per heavy atom. The van der Waals surface area contributed by atoms with Crippen LogP contribution in [0, 0.1) is 13.8 Å². The Hall–Kier alpha value is -9.40. The number of rotatable bonds is 21. The van der Waals surface area contributed by atoms with Gasteiger partial charge < -0.3 is 56.3 Å². The number of carbonyl (C=O) groups excluding carboxylic acids is 6. The van der Waals surface area contributed by atoms with Crippen LogP contribution in [-0.2, 0) is 19.1 Å². The van der Waals surface area contributed by atoms with Crippen LogP contribution in [0.15, 0.2) is 144 Å². The molecule has 6 rings (SSSR count). The number of benzene rings is 6. The van der Waals surface area contributed by atoms with Gasteiger partial charge in [0.1, 0.15) is 30.3 Å². The fourth-order valence-electron chi connectivity index (χ4n) is 6.90. The molecule has 1 atom stereocenters. The molecule has 6 aromatic rings. The second-order valence-electron chi connectivity index (χ2n) is 16.6. The molecule has 0 fully saturated rings. The highest BCUT2D eigenvalue weighted by Crippen LogP contribution is 2.41. The zero-order valence-corrected chi connectivity index (χ0v) is 41.2. The minimum absolute atomic E-state index is 0.00483. The molecule has 20 heteroatoms. The third-order valence-electron chi connectivity index (χ3n) is 10.8. The second kappa shape index (κ2) is 25.1. The van der Waals surface area contributed by atoms with E-state index < -0.39 is 47.8 Å². The van der Waals surface area contributed by atoms with Gasteiger partial charge in [-0.05, 0) is 111 Å². The molecule has 0 aliphatic carbocycles. The molecule has 0 saturated heterocycles. The van der Waals surface area contributed by atoms with E-state index >= 15 is 0 Å². The lowest BCUT2D eigenvalue weighted by Crippen LogP contribution is -2.38. The fourth-order valence-corrected chi connectivity index (χ4v) is 6.90. The number of aromatic hydroxyl groups is 1. The van der Waals surface area contributed by atoms with E-state index in [-0.39, 0.29) is 65.7 Å². The van der Waals surface area contributed by atoms with Crippen LogP contribution in [-0.4, -0.2) is 85.7 Å². The molecule has 74 heavy (non-hydrogen) atoms. The molecule has 0 bridgehead atoms. The highest BCUT2D eigenvalue weighted by atomic mass is 16.5. The maximum Gasteiger partial charge on any atom is 0.333 e. The van der Waals surface area contributed by atoms with Gasteiger partial charge in [0.2, 0.25) is 0 Å². The number of esters is 2. The van der Waals surface area contributed by atoms with Crippen molar-refractivity contribution >= 4 is 86.3 Å². The second-order valence-corrected chi connectivity index (χ2v) is 16.6. The van der Waals surface area contributed by atoms with Crippen LogP contribution >= 0.6 is 0 Å². The number of azo groups is 1. The van der Waals surface area contributed by atoms with E-state index in [1.54, 1.807) is 105 Å². The summed E-state index contributed by atoms with van der Waals surface area (Å²) in [5.41, 5.74) is 4.46. The zero-order valence-electron chi connectivity index (χ0n) is 41.2. The van der Waals surface area contributed by atoms with Crippen molar-refractivity contribution in [3.63, 3.8) is 0 Å². The molecular formula is C54H55N9O11. The van der Waals surface area contributed by atoms with Crippen molar-refractivity contribution in [1.29, 1.82) is 0 Å². The van der Waals surface area contributed by atoms with Gasteiger partial charge in [-0.1, -0.05) is 49.6 Å². The summed E-state index contributed by atoms with van der Waals surface area (Å²) < 4.78 is 15.6. The Balaban J connectivity index is 1.10. The highest BCUT2D eigenvalue weighted by Gasteiger charge is 2.21. The monoisotopic (exact) mass is 1010 g/mol. The molecule has 9 N–H and O–H groups in total. The molecule has 0 aliphatic rings. The van der Waals surface area contributed by atoms with Crippen LogP contribution in [0.2, 0.25) is 0 Å². The van der Waals surface area contributed by atoms with Crippen molar-refractivity contribution in [3.05, 3.63) is 161 Å². The van der Waals surface area contributed by atoms with Gasteiger partial charge in [-0.15, -0.1) is 10.2 Å². The number of methoxy groups -OCH3 is 1. The van der Waals surface area contributed by atoms with E-state index in [9.17, 15) is 39.0 Å². The largest absolute Gasteiger partial charge is 0.505 e. The Labute approximate surface area is 425 Å². The van der Waals surface area contributed by atoms with E-state index in [4.69, 9.17) is 14.2 Å². The van der Waals surface area contributed by atoms with E-state index in [0.717, 1.165) is 0 Å². The number of fused-ring (bicyclic) bond motifs is 1. The topological polar surface area (TPSA) is 280 Å². The summed E-state index contributed by atoms with van der Waals surface area (Å²) >= 11 is 0. The van der Waals surface area contributed by atoms with E-state index in [1.165, 1.54) is 39.2 Å². The Morgan fingerprint density at radius 1 is 0.635 bits per heavy atom. The predicted octanol–water partition coefficient (Wildman–Crippen LogP) is 8.98. The molecule has 6 aromatic carbocycles. The SMILES string of the molecule is C=C(C)C(=O)OCCNC(=O)Nc1cc(C(=O)Nc2cccc(NC(=O)c3cc4ccccc4c(N=Nc4cc(C)c(NC(=O)c5ccc(NC(O)NCCOC(=O)C(=C)C)cc5)cc4OC)c3O)c2)ccc1C. The van der Waals surface area contributed by atoms with Gasteiger partial charge in [-0.3, -0.25) is 19.7 Å². The summed E-state index contributed by atoms with van der Waals surface area (Å²) in [6.45, 7) is 13.8. The maximum absolute atomic E-state index is 13.9. The number of ether oxygens (including phenoxy) is 3. The number of aliphatic hydroxyl groups is 1. The number of phenolic OH excluding ortho intramolecular Hbond substituents is 1. The highest BCUT2D eigenvalue weighted by molar-refractivity contribution is 6.12. The molecule has 20 nitrogen and oxygen atoms in total. The first kappa shape index (κ1) is 53.9. The molecule has 1 unspecified atom stereocenters. The number of aryl methyl sites for hydroxylation is 2. The Morgan fingerprint density at radius 2 is 1.26 bits per heavy atom. The first-order valence-corrected chi connectivity index (χ1v) is 22.9. The van der Waals surface area contributed by atoms with Crippen LogP contribution in [0.1, 0.15) is 56.0 Å². The molecule has 0 radical (unpaired) electrons. The standard InChI is InChI=1S/C54H55N9O11/c1-30(2)51(68)73-23-21-55-53(70)59-37-19-17-34(18-20-37)48(65)60-43-29-45(72-7)44(25-33(43)6)62-63-46-40-14-9-8-11-35(40)26-41(47(46)64)50(67)58-39-13-10-12-38(28-39)57-49(66)36-16-15-32(5)42(27-36)61-54(71)56-22-24-74-52(69)31(3)4/h8-20,25-29,53,55,59,64,70H,1,3,21-24H2,2,4-7H3,(H,57,66)(H,58,67)(H,60,65)(H2,56,61,71). The number of phenols is 1. The van der Waals surface area contributed by atoms with Gasteiger partial charge in [-0.25, -0.2) is 14.4 Å². The number of anilines is 5. The van der Waals surface area contributed by atoms with Crippen molar-refractivity contribution in [2.24, 2.45) is 10.2 Å². The Kier molecular flexibility index (Phi) is 18.3. The maximum atomic E-state index is 13.9. The number of hydrogen-bond donors (Lipinski definition) is 9. The molecular weight excluding hydrogens is 951 g/mol. The summed E-state index contributed by atoms with van der Waals surface area (Å²) in [4.78, 5) is 76.2. The quantitative estimate of drug-likeness (QED) is 0.0107. The molecule has 0 heterocycles. The van der Waals surface area contributed by atoms with Gasteiger partial charge in [0.25, 0.3) is 17.7 Å². The van der Waals surface area contributed by atoms with Crippen molar-refractivity contribution in [3.8, 4) is 11.5 Å². The third-order valence-corrected chi connectivity index (χ3v) is 10.8.